The lowest BCUT2D eigenvalue weighted by Crippen LogP contribution is -2.26. The number of benzene rings is 1. The van der Waals surface area contributed by atoms with Gasteiger partial charge in [-0.25, -0.2) is 13.1 Å². The molecule has 17 heavy (non-hydrogen) atoms. The number of hydrogen-bond acceptors (Lipinski definition) is 4. The normalized spacial score (nSPS) is 11.1. The molecule has 0 fully saturated rings. The topological polar surface area (TPSA) is 92.7 Å². The summed E-state index contributed by atoms with van der Waals surface area (Å²) in [6, 6.07) is 6.12. The fourth-order valence-corrected chi connectivity index (χ4v) is 2.41. The zero-order valence-corrected chi connectivity index (χ0v) is 10.0. The molecule has 0 radical (unpaired) electrons. The number of rotatable bonds is 6. The van der Waals surface area contributed by atoms with Crippen molar-refractivity contribution in [3.8, 4) is 5.75 Å². The van der Waals surface area contributed by atoms with Gasteiger partial charge in [0.05, 0.1) is 13.5 Å². The van der Waals surface area contributed by atoms with Gasteiger partial charge in [-0.3, -0.25) is 4.79 Å². The molecule has 1 aromatic carbocycles. The van der Waals surface area contributed by atoms with Gasteiger partial charge in [0.1, 0.15) is 10.6 Å². The Hall–Kier alpha value is -1.60. The minimum atomic E-state index is -3.74. The van der Waals surface area contributed by atoms with E-state index in [1.54, 1.807) is 12.1 Å². The summed E-state index contributed by atoms with van der Waals surface area (Å²) in [4.78, 5) is 10.3. The lowest BCUT2D eigenvalue weighted by molar-refractivity contribution is -0.136. The first kappa shape index (κ1) is 13.5. The summed E-state index contributed by atoms with van der Waals surface area (Å²) < 4.78 is 30.7. The second-order valence-corrected chi connectivity index (χ2v) is 4.93. The molecule has 0 unspecified atom stereocenters. The number of aliphatic carboxylic acids is 1. The minimum absolute atomic E-state index is 0.00658. The van der Waals surface area contributed by atoms with E-state index in [1.165, 1.54) is 19.2 Å². The molecular formula is C10H13NO5S. The fourth-order valence-electron chi connectivity index (χ4n) is 1.21. The van der Waals surface area contributed by atoms with Crippen LogP contribution in [0.1, 0.15) is 6.42 Å². The van der Waals surface area contributed by atoms with Crippen molar-refractivity contribution in [1.29, 1.82) is 0 Å². The van der Waals surface area contributed by atoms with Gasteiger partial charge < -0.3 is 9.84 Å². The van der Waals surface area contributed by atoms with Crippen LogP contribution in [0.15, 0.2) is 29.2 Å². The first-order valence-electron chi connectivity index (χ1n) is 4.82. The zero-order chi connectivity index (χ0) is 12.9. The maximum atomic E-state index is 11.8. The van der Waals surface area contributed by atoms with Crippen LogP contribution in [0.3, 0.4) is 0 Å². The molecule has 0 aliphatic rings. The molecule has 0 aliphatic heterocycles. The lowest BCUT2D eigenvalue weighted by Gasteiger charge is -2.09. The minimum Gasteiger partial charge on any atom is -0.495 e. The van der Waals surface area contributed by atoms with Crippen LogP contribution < -0.4 is 9.46 Å². The van der Waals surface area contributed by atoms with Crippen molar-refractivity contribution in [3.05, 3.63) is 24.3 Å². The molecule has 6 nitrogen and oxygen atoms in total. The third-order valence-corrected chi connectivity index (χ3v) is 3.49. The molecule has 0 aliphatic carbocycles. The first-order chi connectivity index (χ1) is 7.97. The molecule has 2 N–H and O–H groups in total. The predicted molar refractivity (Wildman–Crippen MR) is 60.4 cm³/mol. The van der Waals surface area contributed by atoms with Crippen molar-refractivity contribution in [1.82, 2.24) is 4.72 Å². The van der Waals surface area contributed by atoms with Gasteiger partial charge in [-0.2, -0.15) is 0 Å². The molecule has 7 heteroatoms. The summed E-state index contributed by atoms with van der Waals surface area (Å²) in [6.07, 6.45) is -0.269. The number of sulfonamides is 1. The Morgan fingerprint density at radius 1 is 1.41 bits per heavy atom. The van der Waals surface area contributed by atoms with Gasteiger partial charge in [0.2, 0.25) is 10.0 Å². The molecule has 0 bridgehead atoms. The van der Waals surface area contributed by atoms with Crippen LogP contribution in [-0.4, -0.2) is 33.1 Å². The van der Waals surface area contributed by atoms with Crippen LogP contribution in [0.25, 0.3) is 0 Å². The van der Waals surface area contributed by atoms with Gasteiger partial charge >= 0.3 is 5.97 Å². The number of carbonyl (C=O) groups is 1. The Balaban J connectivity index is 2.86. The van der Waals surface area contributed by atoms with Crippen molar-refractivity contribution in [2.75, 3.05) is 13.7 Å². The Morgan fingerprint density at radius 3 is 2.65 bits per heavy atom. The van der Waals surface area contributed by atoms with Crippen LogP contribution in [0, 0.1) is 0 Å². The molecule has 0 heterocycles. The van der Waals surface area contributed by atoms with E-state index in [-0.39, 0.29) is 23.6 Å². The van der Waals surface area contributed by atoms with Gasteiger partial charge in [-0.15, -0.1) is 0 Å². The second-order valence-electron chi connectivity index (χ2n) is 3.19. The Morgan fingerprint density at radius 2 is 2.06 bits per heavy atom. The maximum Gasteiger partial charge on any atom is 0.304 e. The first-order valence-corrected chi connectivity index (χ1v) is 6.30. The summed E-state index contributed by atoms with van der Waals surface area (Å²) in [6.45, 7) is -0.157. The van der Waals surface area contributed by atoms with Crippen LogP contribution in [0.2, 0.25) is 0 Å². The van der Waals surface area contributed by atoms with Gasteiger partial charge in [0, 0.05) is 6.54 Å². The Bertz CT molecular complexity index is 497. The average molecular weight is 259 g/mol. The number of ether oxygens (including phenoxy) is 1. The third kappa shape index (κ3) is 3.72. The number of hydrogen-bond donors (Lipinski definition) is 2. The average Bonchev–Trinajstić information content (AvgIpc) is 2.28. The highest BCUT2D eigenvalue weighted by molar-refractivity contribution is 7.89. The van der Waals surface area contributed by atoms with E-state index in [4.69, 9.17) is 9.84 Å². The Kier molecular flexibility index (Phi) is 4.47. The third-order valence-electron chi connectivity index (χ3n) is 1.99. The van der Waals surface area contributed by atoms with Crippen LogP contribution in [-0.2, 0) is 14.8 Å². The second kappa shape index (κ2) is 5.65. The van der Waals surface area contributed by atoms with Crippen LogP contribution in [0.5, 0.6) is 5.75 Å². The van der Waals surface area contributed by atoms with Crippen molar-refractivity contribution < 1.29 is 23.1 Å². The van der Waals surface area contributed by atoms with Crippen molar-refractivity contribution in [2.45, 2.75) is 11.3 Å². The van der Waals surface area contributed by atoms with Gasteiger partial charge in [0.15, 0.2) is 0 Å². The van der Waals surface area contributed by atoms with E-state index in [2.05, 4.69) is 4.72 Å². The maximum absolute atomic E-state index is 11.8. The summed E-state index contributed by atoms with van der Waals surface area (Å²) in [5, 5.41) is 8.42. The summed E-state index contributed by atoms with van der Waals surface area (Å²) >= 11 is 0. The summed E-state index contributed by atoms with van der Waals surface area (Å²) in [5.41, 5.74) is 0. The quantitative estimate of drug-likeness (QED) is 0.773. The molecule has 0 aromatic heterocycles. The van der Waals surface area contributed by atoms with Gasteiger partial charge in [-0.1, -0.05) is 12.1 Å². The van der Waals surface area contributed by atoms with E-state index in [1.807, 2.05) is 0 Å². The van der Waals surface area contributed by atoms with E-state index in [0.29, 0.717) is 0 Å². The predicted octanol–water partition coefficient (Wildman–Crippen LogP) is 0.448. The highest BCUT2D eigenvalue weighted by Gasteiger charge is 2.18. The molecule has 0 spiro atoms. The SMILES string of the molecule is COc1ccccc1S(=O)(=O)NCCC(=O)O. The van der Waals surface area contributed by atoms with E-state index >= 15 is 0 Å². The van der Waals surface area contributed by atoms with Crippen LogP contribution in [0.4, 0.5) is 0 Å². The number of carboxylic acids is 1. The Labute approximate surface area is 99.3 Å². The molecule has 0 saturated heterocycles. The number of nitrogens with one attached hydrogen (secondary N) is 1. The largest absolute Gasteiger partial charge is 0.495 e. The number of para-hydroxylation sites is 1. The van der Waals surface area contributed by atoms with E-state index in [0.717, 1.165) is 0 Å². The lowest BCUT2D eigenvalue weighted by atomic mass is 10.3. The molecule has 0 saturated carbocycles. The molecular weight excluding hydrogens is 246 g/mol. The summed E-state index contributed by atoms with van der Waals surface area (Å²) in [5.74, 6) is -0.844. The summed E-state index contributed by atoms with van der Waals surface area (Å²) in [7, 11) is -2.37. The number of carboxylic acid groups (broad SMARTS) is 1. The zero-order valence-electron chi connectivity index (χ0n) is 9.21. The number of methoxy groups -OCH3 is 1. The molecule has 0 atom stereocenters. The van der Waals surface area contributed by atoms with Crippen molar-refractivity contribution in [2.24, 2.45) is 0 Å². The molecule has 1 aromatic rings. The van der Waals surface area contributed by atoms with E-state index < -0.39 is 16.0 Å². The molecule has 1 rings (SSSR count). The van der Waals surface area contributed by atoms with Gasteiger partial charge in [-0.05, 0) is 12.1 Å². The van der Waals surface area contributed by atoms with Crippen LogP contribution >= 0.6 is 0 Å². The van der Waals surface area contributed by atoms with Crippen molar-refractivity contribution >= 4 is 16.0 Å². The molecule has 0 amide bonds. The van der Waals surface area contributed by atoms with E-state index in [9.17, 15) is 13.2 Å². The fraction of sp³-hybridized carbons (Fsp3) is 0.300. The smallest absolute Gasteiger partial charge is 0.304 e. The highest BCUT2D eigenvalue weighted by Crippen LogP contribution is 2.22. The monoisotopic (exact) mass is 259 g/mol. The highest BCUT2D eigenvalue weighted by atomic mass is 32.2. The van der Waals surface area contributed by atoms with Crippen molar-refractivity contribution in [3.63, 3.8) is 0 Å². The molecule has 94 valence electrons. The van der Waals surface area contributed by atoms with Gasteiger partial charge in [0.25, 0.3) is 0 Å². The standard InChI is InChI=1S/C10H13NO5S/c1-16-8-4-2-3-5-9(8)17(14,15)11-7-6-10(12)13/h2-5,11H,6-7H2,1H3,(H,12,13).